The number of likely N-dealkylation sites (N-methyl/N-ethyl adjacent to an activating group) is 3. The second-order valence-electron chi connectivity index (χ2n) is 4.05. The minimum atomic E-state index is -0.234. The lowest BCUT2D eigenvalue weighted by atomic mass is 10.4. The van der Waals surface area contributed by atoms with Crippen molar-refractivity contribution in [3.8, 4) is 11.8 Å². The van der Waals surface area contributed by atoms with Crippen LogP contribution >= 0.6 is 0 Å². The van der Waals surface area contributed by atoms with Gasteiger partial charge >= 0.3 is 0 Å². The first-order chi connectivity index (χ1) is 13.8. The topological polar surface area (TPSA) is 90.5 Å². The molecule has 0 atom stereocenters. The largest absolute Gasteiger partial charge is 0.356 e. The van der Waals surface area contributed by atoms with Crippen LogP contribution in [0.25, 0.3) is 0 Å². The van der Waals surface area contributed by atoms with Crippen LogP contribution in [0.15, 0.2) is 24.8 Å². The minimum Gasteiger partial charge on any atom is -0.356 e. The van der Waals surface area contributed by atoms with Gasteiger partial charge in [-0.2, -0.15) is 0 Å². The average Bonchev–Trinajstić information content (AvgIpc) is 2.77. The Hall–Kier alpha value is -2.59. The summed E-state index contributed by atoms with van der Waals surface area (Å²) < 4.78 is 0. The van der Waals surface area contributed by atoms with Crippen molar-refractivity contribution in [1.82, 2.24) is 20.9 Å². The van der Waals surface area contributed by atoms with E-state index in [0.29, 0.717) is 0 Å². The van der Waals surface area contributed by atoms with E-state index < -0.39 is 0 Å². The van der Waals surface area contributed by atoms with Crippen molar-refractivity contribution in [1.29, 1.82) is 0 Å². The molecule has 3 amide bonds. The van der Waals surface area contributed by atoms with Gasteiger partial charge in [0.15, 0.2) is 0 Å². The summed E-state index contributed by atoms with van der Waals surface area (Å²) in [6.45, 7) is 17.6. The van der Waals surface area contributed by atoms with Gasteiger partial charge in [0.25, 0.3) is 5.91 Å². The molecule has 0 aliphatic rings. The molecule has 0 fully saturated rings. The number of nitrogens with zero attached hydrogens (tertiary/aromatic N) is 1. The molecule has 0 unspecified atom stereocenters. The van der Waals surface area contributed by atoms with Gasteiger partial charge in [0.1, 0.15) is 0 Å². The highest BCUT2D eigenvalue weighted by Crippen LogP contribution is 1.76. The summed E-state index contributed by atoms with van der Waals surface area (Å²) in [4.78, 5) is 32.6. The second-order valence-corrected chi connectivity index (χ2v) is 4.05. The lowest BCUT2D eigenvalue weighted by Gasteiger charge is -2.02. The zero-order valence-corrected chi connectivity index (χ0v) is 20.8. The molecule has 0 heterocycles. The molecule has 0 saturated carbocycles. The fraction of sp³-hybridized carbons (Fsp3) is 0.625. The maximum absolute atomic E-state index is 10.6. The molecule has 7 nitrogen and oxygen atoms in total. The van der Waals surface area contributed by atoms with E-state index >= 15 is 0 Å². The van der Waals surface area contributed by atoms with Gasteiger partial charge < -0.3 is 20.9 Å². The summed E-state index contributed by atoms with van der Waals surface area (Å²) in [5, 5.41) is 7.21. The molecule has 0 saturated heterocycles. The van der Waals surface area contributed by atoms with Crippen LogP contribution in [0.1, 0.15) is 63.3 Å². The molecule has 7 heteroatoms. The fourth-order valence-electron chi connectivity index (χ4n) is 0.732. The van der Waals surface area contributed by atoms with Crippen LogP contribution in [0.4, 0.5) is 0 Å². The number of carbonyl (C=O) groups is 3. The first kappa shape index (κ1) is 51.2. The third-order valence-corrected chi connectivity index (χ3v) is 1.88. The molecule has 0 aliphatic carbocycles. The molecule has 0 aromatic rings. The van der Waals surface area contributed by atoms with Gasteiger partial charge in [0, 0.05) is 33.8 Å². The predicted molar refractivity (Wildman–Crippen MR) is 141 cm³/mol. The molecule has 0 spiro atoms. The van der Waals surface area contributed by atoms with E-state index in [1.54, 1.807) is 28.1 Å². The summed E-state index contributed by atoms with van der Waals surface area (Å²) in [5.41, 5.74) is 0. The first-order valence-electron chi connectivity index (χ1n) is 9.80. The second kappa shape index (κ2) is 56.4. The Morgan fingerprint density at radius 1 is 0.839 bits per heavy atom. The van der Waals surface area contributed by atoms with Gasteiger partial charge in [0.05, 0.1) is 0 Å². The van der Waals surface area contributed by atoms with Crippen LogP contribution in [0.5, 0.6) is 0 Å². The zero-order valence-electron chi connectivity index (χ0n) is 20.8. The molecular formula is C24H54N4O3. The molecule has 0 rings (SSSR count). The quantitative estimate of drug-likeness (QED) is 0.451. The third kappa shape index (κ3) is 85.2. The van der Waals surface area contributed by atoms with Crippen LogP contribution < -0.4 is 16.0 Å². The first-order valence-corrected chi connectivity index (χ1v) is 9.80. The predicted octanol–water partition coefficient (Wildman–Crippen LogP) is 3.88. The van der Waals surface area contributed by atoms with Crippen molar-refractivity contribution in [2.75, 3.05) is 41.8 Å². The number of carbonyl (C=O) groups excluding carboxylic acids is 3. The van der Waals surface area contributed by atoms with Gasteiger partial charge in [-0.3, -0.25) is 14.4 Å². The van der Waals surface area contributed by atoms with E-state index in [-0.39, 0.29) is 32.6 Å². The van der Waals surface area contributed by atoms with Crippen molar-refractivity contribution < 1.29 is 14.4 Å². The highest BCUT2D eigenvalue weighted by atomic mass is 16.2. The summed E-state index contributed by atoms with van der Waals surface area (Å²) >= 11 is 0. The van der Waals surface area contributed by atoms with E-state index in [0.717, 1.165) is 6.54 Å². The maximum atomic E-state index is 10.6. The van der Waals surface area contributed by atoms with Gasteiger partial charge in [0.2, 0.25) is 11.8 Å². The molecule has 188 valence electrons. The van der Waals surface area contributed by atoms with Gasteiger partial charge in [-0.15, -0.1) is 0 Å². The van der Waals surface area contributed by atoms with E-state index in [1.807, 2.05) is 66.6 Å². The maximum Gasteiger partial charge on any atom is 0.295 e. The molecule has 31 heavy (non-hydrogen) atoms. The molecule has 0 bridgehead atoms. The number of hydrogen-bond donors (Lipinski definition) is 3. The van der Waals surface area contributed by atoms with Crippen molar-refractivity contribution in [3.05, 3.63) is 24.8 Å². The van der Waals surface area contributed by atoms with E-state index in [4.69, 9.17) is 0 Å². The Labute approximate surface area is 195 Å². The van der Waals surface area contributed by atoms with Crippen LogP contribution in [0, 0.1) is 11.8 Å². The van der Waals surface area contributed by atoms with Crippen LogP contribution in [0.3, 0.4) is 0 Å². The van der Waals surface area contributed by atoms with Crippen molar-refractivity contribution >= 4 is 17.7 Å². The van der Waals surface area contributed by atoms with Crippen LogP contribution in [-0.4, -0.2) is 64.4 Å². The van der Waals surface area contributed by atoms with Gasteiger partial charge in [-0.1, -0.05) is 75.0 Å². The highest BCUT2D eigenvalue weighted by Gasteiger charge is 1.87. The molecular weight excluding hydrogens is 392 g/mol. The molecule has 0 aromatic heterocycles. The molecule has 3 N–H and O–H groups in total. The summed E-state index contributed by atoms with van der Waals surface area (Å²) in [6, 6.07) is 0. The van der Waals surface area contributed by atoms with Crippen molar-refractivity contribution in [2.24, 2.45) is 0 Å². The van der Waals surface area contributed by atoms with Crippen LogP contribution in [-0.2, 0) is 14.4 Å². The van der Waals surface area contributed by atoms with E-state index in [1.165, 1.54) is 12.2 Å². The Kier molecular flexibility index (Phi) is 93.2. The molecule has 0 aliphatic heterocycles. The van der Waals surface area contributed by atoms with E-state index in [2.05, 4.69) is 34.4 Å². The normalized spacial score (nSPS) is 6.74. The lowest BCUT2D eigenvalue weighted by molar-refractivity contribution is -0.116. The number of hydrogen-bond acceptors (Lipinski definition) is 4. The summed E-state index contributed by atoms with van der Waals surface area (Å²) in [5.74, 6) is 4.32. The fourth-order valence-corrected chi connectivity index (χ4v) is 0.732. The standard InChI is InChI=1S/C7H14N2O.C5H7NO.C4H7NO.3C2H6.2CH4/c1-8-7(10)5-4-6-9(2)3;1-3-4-5(7)6-2;1-3-4(6)5-2;3*1-2;;/h4-5H,6H2,1-3H3,(H,8,10);1-2H3,(H,6,7);3H,1H2,2H3,(H,5,6);3*1-2H3;2*1H4/b5-4+;;;;;;;. The summed E-state index contributed by atoms with van der Waals surface area (Å²) in [7, 11) is 8.63. The van der Waals surface area contributed by atoms with Crippen molar-refractivity contribution in [2.45, 2.75) is 63.3 Å². The molecule has 0 aromatic carbocycles. The van der Waals surface area contributed by atoms with Gasteiger partial charge in [-0.25, -0.2) is 0 Å². The Morgan fingerprint density at radius 3 is 1.39 bits per heavy atom. The third-order valence-electron chi connectivity index (χ3n) is 1.88. The van der Waals surface area contributed by atoms with Crippen molar-refractivity contribution in [3.63, 3.8) is 0 Å². The zero-order chi connectivity index (χ0) is 24.7. The van der Waals surface area contributed by atoms with Crippen LogP contribution in [0.2, 0.25) is 0 Å². The Morgan fingerprint density at radius 2 is 1.23 bits per heavy atom. The Balaban J connectivity index is -0.0000000376. The summed E-state index contributed by atoms with van der Waals surface area (Å²) in [6.07, 6.45) is 4.57. The smallest absolute Gasteiger partial charge is 0.295 e. The number of amides is 3. The Bertz CT molecular complexity index is 449. The minimum absolute atomic E-state index is 0. The SMILES string of the molecule is C.C.C=CC(=O)NC.CC.CC.CC.CC#CC(=O)NC.CNC(=O)/C=C/CN(C)C. The lowest BCUT2D eigenvalue weighted by Crippen LogP contribution is -2.16. The average molecular weight is 447 g/mol. The number of rotatable bonds is 4. The van der Waals surface area contributed by atoms with Gasteiger partial charge in [-0.05, 0) is 33.0 Å². The molecule has 0 radical (unpaired) electrons. The van der Waals surface area contributed by atoms with E-state index in [9.17, 15) is 14.4 Å². The highest BCUT2D eigenvalue weighted by molar-refractivity contribution is 5.93. The number of nitrogens with one attached hydrogen (secondary N) is 3. The monoisotopic (exact) mass is 446 g/mol.